The monoisotopic (exact) mass is 317 g/mol. The average Bonchev–Trinajstić information content (AvgIpc) is 2.25. The molecule has 2 heterocycles. The van der Waals surface area contributed by atoms with Gasteiger partial charge in [0.15, 0.2) is 0 Å². The Morgan fingerprint density at radius 2 is 2.40 bits per heavy atom. The number of urea groups is 1. The number of rotatable bonds is 2. The first-order valence-corrected chi connectivity index (χ1v) is 5.97. The Balaban J connectivity index is 2.01. The van der Waals surface area contributed by atoms with Crippen LogP contribution in [0.25, 0.3) is 0 Å². The standard InChI is InChI=1S/C10H12IN3O/c11-9-3-2-8(6-13-9)7-14-5-1-4-12-10(14)15/h2-3,6H,1,4-5,7H2,(H,12,15). The van der Waals surface area contributed by atoms with Crippen LogP contribution >= 0.6 is 22.6 Å². The molecule has 1 saturated heterocycles. The largest absolute Gasteiger partial charge is 0.338 e. The van der Waals surface area contributed by atoms with Gasteiger partial charge in [0.05, 0.1) is 0 Å². The van der Waals surface area contributed by atoms with Gasteiger partial charge in [0.25, 0.3) is 0 Å². The van der Waals surface area contributed by atoms with E-state index in [0.29, 0.717) is 6.54 Å². The zero-order chi connectivity index (χ0) is 10.7. The highest BCUT2D eigenvalue weighted by Gasteiger charge is 2.17. The summed E-state index contributed by atoms with van der Waals surface area (Å²) in [7, 11) is 0. The van der Waals surface area contributed by atoms with Gasteiger partial charge in [-0.1, -0.05) is 6.07 Å². The molecule has 0 bridgehead atoms. The number of carbonyl (C=O) groups excluding carboxylic acids is 1. The van der Waals surface area contributed by atoms with Crippen LogP contribution in [-0.4, -0.2) is 29.0 Å². The molecule has 0 unspecified atom stereocenters. The normalized spacial score (nSPS) is 16.3. The van der Waals surface area contributed by atoms with Gasteiger partial charge < -0.3 is 10.2 Å². The molecule has 1 aromatic rings. The van der Waals surface area contributed by atoms with Gasteiger partial charge in [0.1, 0.15) is 3.70 Å². The maximum atomic E-state index is 11.5. The van der Waals surface area contributed by atoms with E-state index in [1.807, 2.05) is 23.2 Å². The molecule has 1 N–H and O–H groups in total. The molecule has 1 aliphatic heterocycles. The molecule has 4 nitrogen and oxygen atoms in total. The van der Waals surface area contributed by atoms with E-state index in [-0.39, 0.29) is 6.03 Å². The molecule has 1 aromatic heterocycles. The van der Waals surface area contributed by atoms with Crippen LogP contribution in [0.5, 0.6) is 0 Å². The third kappa shape index (κ3) is 2.80. The molecular weight excluding hydrogens is 305 g/mol. The number of amides is 2. The average molecular weight is 317 g/mol. The highest BCUT2D eigenvalue weighted by atomic mass is 127. The number of nitrogens with zero attached hydrogens (tertiary/aromatic N) is 2. The molecule has 0 spiro atoms. The molecule has 0 radical (unpaired) electrons. The van der Waals surface area contributed by atoms with Gasteiger partial charge >= 0.3 is 6.03 Å². The number of pyridine rings is 1. The summed E-state index contributed by atoms with van der Waals surface area (Å²) in [5.41, 5.74) is 1.08. The van der Waals surface area contributed by atoms with Crippen molar-refractivity contribution in [3.63, 3.8) is 0 Å². The summed E-state index contributed by atoms with van der Waals surface area (Å²) in [5, 5.41) is 2.83. The minimum atomic E-state index is 0.0276. The second-order valence-electron chi connectivity index (χ2n) is 3.50. The Morgan fingerprint density at radius 3 is 3.07 bits per heavy atom. The Labute approximate surface area is 102 Å². The molecule has 1 fully saturated rings. The van der Waals surface area contributed by atoms with Crippen molar-refractivity contribution in [2.75, 3.05) is 13.1 Å². The van der Waals surface area contributed by atoms with Crippen molar-refractivity contribution in [2.24, 2.45) is 0 Å². The first-order valence-electron chi connectivity index (χ1n) is 4.89. The van der Waals surface area contributed by atoms with Crippen LogP contribution in [0.2, 0.25) is 0 Å². The maximum Gasteiger partial charge on any atom is 0.317 e. The van der Waals surface area contributed by atoms with Crippen LogP contribution in [0, 0.1) is 3.70 Å². The lowest BCUT2D eigenvalue weighted by atomic mass is 10.2. The number of halogens is 1. The van der Waals surface area contributed by atoms with E-state index in [2.05, 4.69) is 32.9 Å². The van der Waals surface area contributed by atoms with Crippen molar-refractivity contribution < 1.29 is 4.79 Å². The van der Waals surface area contributed by atoms with Crippen molar-refractivity contribution in [1.82, 2.24) is 15.2 Å². The molecule has 0 saturated carbocycles. The van der Waals surface area contributed by atoms with E-state index in [0.717, 1.165) is 28.8 Å². The van der Waals surface area contributed by atoms with E-state index in [1.54, 1.807) is 0 Å². The lowest BCUT2D eigenvalue weighted by Crippen LogP contribution is -2.45. The summed E-state index contributed by atoms with van der Waals surface area (Å²) in [4.78, 5) is 17.5. The molecule has 80 valence electrons. The first-order chi connectivity index (χ1) is 7.25. The molecule has 0 aliphatic carbocycles. The number of hydrogen-bond donors (Lipinski definition) is 1. The maximum absolute atomic E-state index is 11.5. The van der Waals surface area contributed by atoms with Crippen LogP contribution in [0.15, 0.2) is 18.3 Å². The zero-order valence-corrected chi connectivity index (χ0v) is 10.4. The van der Waals surface area contributed by atoms with Gasteiger partial charge in [-0.25, -0.2) is 9.78 Å². The summed E-state index contributed by atoms with van der Waals surface area (Å²) in [6.45, 7) is 2.27. The second-order valence-corrected chi connectivity index (χ2v) is 4.60. The van der Waals surface area contributed by atoms with E-state index in [9.17, 15) is 4.79 Å². The minimum Gasteiger partial charge on any atom is -0.338 e. The van der Waals surface area contributed by atoms with Crippen molar-refractivity contribution in [3.05, 3.63) is 27.6 Å². The third-order valence-electron chi connectivity index (χ3n) is 2.33. The quantitative estimate of drug-likeness (QED) is 0.665. The van der Waals surface area contributed by atoms with Gasteiger partial charge in [0, 0.05) is 25.8 Å². The summed E-state index contributed by atoms with van der Waals surface area (Å²) in [6.07, 6.45) is 2.84. The summed E-state index contributed by atoms with van der Waals surface area (Å²) in [5.74, 6) is 0. The molecule has 1 aliphatic rings. The van der Waals surface area contributed by atoms with Crippen LogP contribution in [0.3, 0.4) is 0 Å². The van der Waals surface area contributed by atoms with Crippen LogP contribution < -0.4 is 5.32 Å². The van der Waals surface area contributed by atoms with E-state index in [1.165, 1.54) is 0 Å². The number of hydrogen-bond acceptors (Lipinski definition) is 2. The highest BCUT2D eigenvalue weighted by Crippen LogP contribution is 2.08. The van der Waals surface area contributed by atoms with Gasteiger partial charge in [-0.3, -0.25) is 0 Å². The minimum absolute atomic E-state index is 0.0276. The molecular formula is C10H12IN3O. The van der Waals surface area contributed by atoms with Crippen molar-refractivity contribution in [1.29, 1.82) is 0 Å². The highest BCUT2D eigenvalue weighted by molar-refractivity contribution is 14.1. The molecule has 2 rings (SSSR count). The molecule has 2 amide bonds. The van der Waals surface area contributed by atoms with Gasteiger partial charge in [-0.15, -0.1) is 0 Å². The van der Waals surface area contributed by atoms with Crippen molar-refractivity contribution >= 4 is 28.6 Å². The summed E-state index contributed by atoms with van der Waals surface area (Å²) in [6, 6.07) is 3.99. The van der Waals surface area contributed by atoms with Gasteiger partial charge in [-0.2, -0.15) is 0 Å². The predicted octanol–water partition coefficient (Wildman–Crippen LogP) is 1.60. The Bertz CT molecular complexity index is 352. The van der Waals surface area contributed by atoms with E-state index >= 15 is 0 Å². The number of nitrogens with one attached hydrogen (secondary N) is 1. The smallest absolute Gasteiger partial charge is 0.317 e. The predicted molar refractivity (Wildman–Crippen MR) is 65.4 cm³/mol. The summed E-state index contributed by atoms with van der Waals surface area (Å²) >= 11 is 2.17. The van der Waals surface area contributed by atoms with Crippen LogP contribution in [-0.2, 0) is 6.54 Å². The molecule has 0 aromatic carbocycles. The van der Waals surface area contributed by atoms with Gasteiger partial charge in [0.2, 0.25) is 0 Å². The summed E-state index contributed by atoms with van der Waals surface area (Å²) < 4.78 is 0.972. The fraction of sp³-hybridized carbons (Fsp3) is 0.400. The fourth-order valence-electron chi connectivity index (χ4n) is 1.55. The molecule has 5 heteroatoms. The molecule has 15 heavy (non-hydrogen) atoms. The first kappa shape index (κ1) is 10.7. The second kappa shape index (κ2) is 4.78. The fourth-order valence-corrected chi connectivity index (χ4v) is 1.87. The Hall–Kier alpha value is -0.850. The van der Waals surface area contributed by atoms with Crippen LogP contribution in [0.1, 0.15) is 12.0 Å². The number of aromatic nitrogens is 1. The lowest BCUT2D eigenvalue weighted by molar-refractivity contribution is 0.183. The van der Waals surface area contributed by atoms with Crippen molar-refractivity contribution in [3.8, 4) is 0 Å². The third-order valence-corrected chi connectivity index (χ3v) is 2.97. The lowest BCUT2D eigenvalue weighted by Gasteiger charge is -2.27. The topological polar surface area (TPSA) is 45.2 Å². The molecule has 0 atom stereocenters. The Kier molecular flexibility index (Phi) is 3.40. The Morgan fingerprint density at radius 1 is 1.53 bits per heavy atom. The van der Waals surface area contributed by atoms with Crippen LogP contribution in [0.4, 0.5) is 4.79 Å². The van der Waals surface area contributed by atoms with Crippen molar-refractivity contribution in [2.45, 2.75) is 13.0 Å². The SMILES string of the molecule is O=C1NCCCN1Cc1ccc(I)nc1. The zero-order valence-electron chi connectivity index (χ0n) is 8.24. The number of carbonyl (C=O) groups is 1. The van der Waals surface area contributed by atoms with E-state index < -0.39 is 0 Å². The van der Waals surface area contributed by atoms with E-state index in [4.69, 9.17) is 0 Å². The van der Waals surface area contributed by atoms with Gasteiger partial charge in [-0.05, 0) is 40.6 Å².